The molecule has 0 radical (unpaired) electrons. The highest BCUT2D eigenvalue weighted by Crippen LogP contribution is 2.59. The van der Waals surface area contributed by atoms with E-state index >= 15 is 0 Å². The molecular formula is C30H30F2N3O7PS. The van der Waals surface area contributed by atoms with E-state index in [1.807, 2.05) is 30.3 Å². The fourth-order valence-electron chi connectivity index (χ4n) is 5.47. The van der Waals surface area contributed by atoms with E-state index in [9.17, 15) is 27.7 Å². The van der Waals surface area contributed by atoms with Crippen molar-refractivity contribution in [3.8, 4) is 12.3 Å². The zero-order chi connectivity index (χ0) is 31.6. The standard InChI is InChI=1S/C30H30F2N3O7PS/c1-2-7-22(33-27(36)26-17-20-16-21(11-12-25(20)44-26)30(31,32)43(39,40)41)28(37)35-13-6-10-23(35)29(38)34-14-15-42-24(18-34)19-8-4-3-5-9-19/h1,3-5,8-9,11-12,16-17,22-24H,6-7,10,13-15,18H2,(H,33,36)(H2,39,40,41). The maximum Gasteiger partial charge on any atom is 0.399 e. The van der Waals surface area contributed by atoms with E-state index in [1.54, 1.807) is 4.90 Å². The lowest BCUT2D eigenvalue weighted by Gasteiger charge is -2.37. The van der Waals surface area contributed by atoms with Gasteiger partial charge >= 0.3 is 13.3 Å². The Morgan fingerprint density at radius 1 is 1.16 bits per heavy atom. The lowest BCUT2D eigenvalue weighted by molar-refractivity contribution is -0.149. The van der Waals surface area contributed by atoms with E-state index in [2.05, 4.69) is 11.2 Å². The average molecular weight is 646 g/mol. The predicted octanol–water partition coefficient (Wildman–Crippen LogP) is 3.84. The third-order valence-corrected chi connectivity index (χ3v) is 9.85. The second kappa shape index (κ2) is 12.8. The Kier molecular flexibility index (Phi) is 9.20. The molecule has 3 aromatic rings. The monoisotopic (exact) mass is 645 g/mol. The van der Waals surface area contributed by atoms with E-state index in [4.69, 9.17) is 20.9 Å². The summed E-state index contributed by atoms with van der Waals surface area (Å²) in [7, 11) is -5.77. The van der Waals surface area contributed by atoms with Crippen LogP contribution in [0.5, 0.6) is 0 Å². The van der Waals surface area contributed by atoms with Crippen molar-refractivity contribution in [2.24, 2.45) is 0 Å². The molecule has 3 amide bonds. The van der Waals surface area contributed by atoms with E-state index in [1.165, 1.54) is 17.0 Å². The zero-order valence-electron chi connectivity index (χ0n) is 23.4. The summed E-state index contributed by atoms with van der Waals surface area (Å²) < 4.78 is 46.0. The number of carbonyl (C=O) groups excluding carboxylic acids is 3. The number of halogens is 2. The summed E-state index contributed by atoms with van der Waals surface area (Å²) in [6.45, 7) is 1.41. The predicted molar refractivity (Wildman–Crippen MR) is 159 cm³/mol. The first-order valence-corrected chi connectivity index (χ1v) is 16.3. The lowest BCUT2D eigenvalue weighted by Crippen LogP contribution is -2.55. The molecule has 3 unspecified atom stereocenters. The van der Waals surface area contributed by atoms with Gasteiger partial charge in [-0.25, -0.2) is 0 Å². The SMILES string of the molecule is C#CCC(NC(=O)c1cc2cc(C(F)(F)P(=O)(O)O)ccc2s1)C(=O)N1CCCC1C(=O)N1CCOC(c2ccccc2)C1. The fourth-order valence-corrected chi connectivity index (χ4v) is 6.90. The molecule has 232 valence electrons. The Bertz CT molecular complexity index is 1650. The molecule has 3 N–H and O–H groups in total. The van der Waals surface area contributed by atoms with Crippen LogP contribution in [0.15, 0.2) is 54.6 Å². The number of nitrogens with one attached hydrogen (secondary N) is 1. The summed E-state index contributed by atoms with van der Waals surface area (Å²) in [6, 6.07) is 12.1. The second-order valence-electron chi connectivity index (χ2n) is 10.6. The van der Waals surface area contributed by atoms with Gasteiger partial charge < -0.3 is 29.6 Å². The molecule has 2 aliphatic rings. The normalized spacial score (nSPS) is 19.9. The third kappa shape index (κ3) is 6.41. The number of morpholine rings is 1. The van der Waals surface area contributed by atoms with Gasteiger partial charge in [0.1, 0.15) is 18.2 Å². The van der Waals surface area contributed by atoms with Crippen LogP contribution < -0.4 is 5.32 Å². The molecular weight excluding hydrogens is 615 g/mol. The average Bonchev–Trinajstić information content (AvgIpc) is 3.67. The van der Waals surface area contributed by atoms with Gasteiger partial charge in [-0.3, -0.25) is 18.9 Å². The molecule has 3 atom stereocenters. The largest absolute Gasteiger partial charge is 0.399 e. The molecule has 0 saturated carbocycles. The van der Waals surface area contributed by atoms with Crippen LogP contribution in [-0.2, 0) is 24.6 Å². The Morgan fingerprint density at radius 2 is 1.91 bits per heavy atom. The minimum atomic E-state index is -5.77. The summed E-state index contributed by atoms with van der Waals surface area (Å²) in [5, 5.41) is 2.80. The molecule has 2 aromatic carbocycles. The minimum absolute atomic E-state index is 0.0841. The quantitative estimate of drug-likeness (QED) is 0.250. The van der Waals surface area contributed by atoms with E-state index in [0.29, 0.717) is 43.8 Å². The maximum absolute atomic E-state index is 14.2. The van der Waals surface area contributed by atoms with Crippen LogP contribution in [0.25, 0.3) is 10.1 Å². The van der Waals surface area contributed by atoms with E-state index in [0.717, 1.165) is 29.0 Å². The van der Waals surface area contributed by atoms with Gasteiger partial charge in [0.2, 0.25) is 11.8 Å². The van der Waals surface area contributed by atoms with Crippen molar-refractivity contribution in [1.82, 2.24) is 15.1 Å². The number of alkyl halides is 2. The number of rotatable bonds is 8. The fraction of sp³-hybridized carbons (Fsp3) is 0.367. The highest BCUT2D eigenvalue weighted by atomic mass is 32.1. The minimum Gasteiger partial charge on any atom is -0.370 e. The summed E-state index contributed by atoms with van der Waals surface area (Å²) >= 11 is 0.959. The van der Waals surface area contributed by atoms with Gasteiger partial charge in [0, 0.05) is 29.8 Å². The smallest absolute Gasteiger partial charge is 0.370 e. The van der Waals surface area contributed by atoms with Crippen LogP contribution in [0.1, 0.15) is 46.2 Å². The number of hydrogen-bond donors (Lipinski definition) is 3. The summed E-state index contributed by atoms with van der Waals surface area (Å²) in [4.78, 5) is 61.9. The molecule has 3 heterocycles. The number of benzene rings is 2. The Balaban J connectivity index is 1.29. The highest BCUT2D eigenvalue weighted by Gasteiger charge is 2.50. The van der Waals surface area contributed by atoms with Crippen LogP contribution in [0.2, 0.25) is 0 Å². The number of thiophene rings is 1. The van der Waals surface area contributed by atoms with Gasteiger partial charge in [0.15, 0.2) is 0 Å². The first-order valence-electron chi connectivity index (χ1n) is 13.9. The first kappa shape index (κ1) is 31.8. The van der Waals surface area contributed by atoms with Crippen molar-refractivity contribution in [2.45, 2.75) is 43.1 Å². The van der Waals surface area contributed by atoms with Gasteiger partial charge in [0.05, 0.1) is 18.0 Å². The van der Waals surface area contributed by atoms with Gasteiger partial charge in [-0.05, 0) is 42.0 Å². The molecule has 2 fully saturated rings. The molecule has 0 aliphatic carbocycles. The number of ether oxygens (including phenoxy) is 1. The topological polar surface area (TPSA) is 136 Å². The van der Waals surface area contributed by atoms with Crippen molar-refractivity contribution in [1.29, 1.82) is 0 Å². The number of hydrogen-bond acceptors (Lipinski definition) is 6. The van der Waals surface area contributed by atoms with Crippen LogP contribution in [-0.4, -0.2) is 75.6 Å². The number of terminal acetylenes is 1. The molecule has 1 aromatic heterocycles. The molecule has 0 spiro atoms. The number of fused-ring (bicyclic) bond motifs is 1. The molecule has 44 heavy (non-hydrogen) atoms. The van der Waals surface area contributed by atoms with E-state index < -0.39 is 42.7 Å². The number of amides is 3. The van der Waals surface area contributed by atoms with Gasteiger partial charge in [0.25, 0.3) is 5.91 Å². The van der Waals surface area contributed by atoms with Crippen LogP contribution in [0, 0.1) is 12.3 Å². The van der Waals surface area contributed by atoms with Gasteiger partial charge in [-0.15, -0.1) is 23.7 Å². The molecule has 2 saturated heterocycles. The van der Waals surface area contributed by atoms with Crippen LogP contribution in [0.3, 0.4) is 0 Å². The summed E-state index contributed by atoms with van der Waals surface area (Å²) in [5.74, 6) is 1.03. The third-order valence-electron chi connectivity index (χ3n) is 7.75. The number of nitrogens with zero attached hydrogens (tertiary/aromatic N) is 2. The molecule has 14 heteroatoms. The number of carbonyl (C=O) groups is 3. The summed E-state index contributed by atoms with van der Waals surface area (Å²) in [6.07, 6.45) is 6.16. The van der Waals surface area contributed by atoms with Crippen molar-refractivity contribution < 1.29 is 42.3 Å². The lowest BCUT2D eigenvalue weighted by atomic mass is 10.1. The Morgan fingerprint density at radius 3 is 2.61 bits per heavy atom. The van der Waals surface area contributed by atoms with Crippen LogP contribution >= 0.6 is 18.9 Å². The van der Waals surface area contributed by atoms with Crippen molar-refractivity contribution >= 4 is 46.7 Å². The van der Waals surface area contributed by atoms with Crippen LogP contribution in [0.4, 0.5) is 8.78 Å². The first-order chi connectivity index (χ1) is 20.9. The molecule has 2 aliphatic heterocycles. The Hall–Kier alpha value is -3.66. The zero-order valence-corrected chi connectivity index (χ0v) is 25.1. The van der Waals surface area contributed by atoms with Crippen molar-refractivity contribution in [3.05, 3.63) is 70.6 Å². The summed E-state index contributed by atoms with van der Waals surface area (Å²) in [5.41, 5.74) is -4.33. The molecule has 5 rings (SSSR count). The van der Waals surface area contributed by atoms with Gasteiger partial charge in [-0.1, -0.05) is 36.4 Å². The number of likely N-dealkylation sites (tertiary alicyclic amines) is 1. The molecule has 10 nitrogen and oxygen atoms in total. The maximum atomic E-state index is 14.2. The van der Waals surface area contributed by atoms with Gasteiger partial charge in [-0.2, -0.15) is 8.78 Å². The molecule has 0 bridgehead atoms. The second-order valence-corrected chi connectivity index (χ2v) is 13.4. The Labute approximate surface area is 256 Å². The highest BCUT2D eigenvalue weighted by molar-refractivity contribution is 7.52. The van der Waals surface area contributed by atoms with Crippen molar-refractivity contribution in [2.75, 3.05) is 26.2 Å². The van der Waals surface area contributed by atoms with Crippen molar-refractivity contribution in [3.63, 3.8) is 0 Å². The van der Waals surface area contributed by atoms with E-state index in [-0.39, 0.29) is 28.7 Å².